The van der Waals surface area contributed by atoms with Gasteiger partial charge in [0.15, 0.2) is 0 Å². The van der Waals surface area contributed by atoms with E-state index in [0.717, 1.165) is 11.1 Å². The number of nitriles is 1. The summed E-state index contributed by atoms with van der Waals surface area (Å²) in [6, 6.07) is 31.9. The fourth-order valence-corrected chi connectivity index (χ4v) is 3.98. The Balaban J connectivity index is 1.90. The summed E-state index contributed by atoms with van der Waals surface area (Å²) in [6.07, 6.45) is 0. The molecule has 0 heterocycles. The molecule has 0 aliphatic heterocycles. The van der Waals surface area contributed by atoms with Crippen LogP contribution in [0.2, 0.25) is 0 Å². The summed E-state index contributed by atoms with van der Waals surface area (Å²) in [6.45, 7) is 0. The van der Waals surface area contributed by atoms with E-state index in [4.69, 9.17) is 0 Å². The van der Waals surface area contributed by atoms with Crippen LogP contribution in [0.25, 0.3) is 32.3 Å². The standard InChI is InChI=1S/C24H15N/c25-15-22(16-5-2-1-3-6-16)20-13-11-19-10-9-17-7-4-8-18-12-14-21(20)24(19)23(17)18/h1-14,22H. The maximum atomic E-state index is 9.88. The summed E-state index contributed by atoms with van der Waals surface area (Å²) in [7, 11) is 0. The third-order valence-electron chi connectivity index (χ3n) is 5.14. The predicted molar refractivity (Wildman–Crippen MR) is 104 cm³/mol. The Morgan fingerprint density at radius 2 is 1.24 bits per heavy atom. The maximum absolute atomic E-state index is 9.88. The lowest BCUT2D eigenvalue weighted by Crippen LogP contribution is -1.99. The molecule has 1 atom stereocenters. The first kappa shape index (κ1) is 14.0. The molecule has 0 saturated carbocycles. The fraction of sp³-hybridized carbons (Fsp3) is 0.0417. The van der Waals surface area contributed by atoms with Gasteiger partial charge >= 0.3 is 0 Å². The van der Waals surface area contributed by atoms with E-state index in [1.165, 1.54) is 32.3 Å². The summed E-state index contributed by atoms with van der Waals surface area (Å²) >= 11 is 0. The highest BCUT2D eigenvalue weighted by atomic mass is 14.3. The van der Waals surface area contributed by atoms with Crippen LogP contribution in [0.15, 0.2) is 84.9 Å². The van der Waals surface area contributed by atoms with E-state index in [9.17, 15) is 5.26 Å². The van der Waals surface area contributed by atoms with Crippen LogP contribution in [0.4, 0.5) is 0 Å². The third-order valence-corrected chi connectivity index (χ3v) is 5.14. The third kappa shape index (κ3) is 2.01. The van der Waals surface area contributed by atoms with Crippen LogP contribution in [0.3, 0.4) is 0 Å². The Hall–Kier alpha value is -3.37. The summed E-state index contributed by atoms with van der Waals surface area (Å²) in [4.78, 5) is 0. The minimum Gasteiger partial charge on any atom is -0.197 e. The monoisotopic (exact) mass is 317 g/mol. The SMILES string of the molecule is N#CC(c1ccccc1)c1ccc2ccc3cccc4ccc1c2c34. The van der Waals surface area contributed by atoms with Crippen molar-refractivity contribution in [3.05, 3.63) is 96.1 Å². The highest BCUT2D eigenvalue weighted by Crippen LogP contribution is 2.39. The zero-order valence-electron chi connectivity index (χ0n) is 13.6. The van der Waals surface area contributed by atoms with Crippen LogP contribution >= 0.6 is 0 Å². The summed E-state index contributed by atoms with van der Waals surface area (Å²) < 4.78 is 0. The smallest absolute Gasteiger partial charge is 0.0968 e. The van der Waals surface area contributed by atoms with Crippen LogP contribution in [0.5, 0.6) is 0 Å². The Morgan fingerprint density at radius 1 is 0.600 bits per heavy atom. The molecule has 0 aliphatic carbocycles. The molecule has 0 saturated heterocycles. The summed E-state index contributed by atoms with van der Waals surface area (Å²) in [5, 5.41) is 17.4. The molecule has 0 aliphatic rings. The molecule has 0 N–H and O–H groups in total. The van der Waals surface area contributed by atoms with Gasteiger partial charge in [0.05, 0.1) is 12.0 Å². The second kappa shape index (κ2) is 5.33. The first-order valence-corrected chi connectivity index (χ1v) is 8.48. The van der Waals surface area contributed by atoms with Gasteiger partial charge in [0.25, 0.3) is 0 Å². The van der Waals surface area contributed by atoms with Gasteiger partial charge in [-0.1, -0.05) is 84.9 Å². The molecule has 0 aromatic heterocycles. The van der Waals surface area contributed by atoms with Gasteiger partial charge in [0.1, 0.15) is 0 Å². The highest BCUT2D eigenvalue weighted by molar-refractivity contribution is 6.23. The van der Waals surface area contributed by atoms with E-state index in [-0.39, 0.29) is 5.92 Å². The van der Waals surface area contributed by atoms with Crippen molar-refractivity contribution in [1.29, 1.82) is 5.26 Å². The number of benzene rings is 5. The molecule has 0 spiro atoms. The van der Waals surface area contributed by atoms with Gasteiger partial charge < -0.3 is 0 Å². The number of nitrogens with zero attached hydrogens (tertiary/aromatic N) is 1. The molecule has 5 aromatic rings. The molecular weight excluding hydrogens is 302 g/mol. The minimum absolute atomic E-state index is 0.259. The second-order valence-corrected chi connectivity index (χ2v) is 6.48. The van der Waals surface area contributed by atoms with Crippen LogP contribution < -0.4 is 0 Å². The molecule has 116 valence electrons. The summed E-state index contributed by atoms with van der Waals surface area (Å²) in [5.74, 6) is -0.259. The lowest BCUT2D eigenvalue weighted by molar-refractivity contribution is 1.05. The lowest BCUT2D eigenvalue weighted by atomic mass is 9.85. The van der Waals surface area contributed by atoms with E-state index in [0.29, 0.717) is 0 Å². The van der Waals surface area contributed by atoms with Crippen LogP contribution in [-0.2, 0) is 0 Å². The van der Waals surface area contributed by atoms with Crippen molar-refractivity contribution in [2.75, 3.05) is 0 Å². The minimum atomic E-state index is -0.259. The molecule has 1 unspecified atom stereocenters. The molecule has 1 heteroatoms. The van der Waals surface area contributed by atoms with Crippen molar-refractivity contribution in [3.8, 4) is 6.07 Å². The molecular formula is C24H15N. The van der Waals surface area contributed by atoms with Gasteiger partial charge in [0, 0.05) is 0 Å². The van der Waals surface area contributed by atoms with E-state index in [1.807, 2.05) is 30.3 Å². The second-order valence-electron chi connectivity index (χ2n) is 6.48. The first-order valence-electron chi connectivity index (χ1n) is 8.48. The lowest BCUT2D eigenvalue weighted by Gasteiger charge is -2.17. The van der Waals surface area contributed by atoms with Gasteiger partial charge in [-0.2, -0.15) is 5.26 Å². The molecule has 0 amide bonds. The molecule has 1 nitrogen and oxygen atoms in total. The normalized spacial score (nSPS) is 12.6. The Kier molecular flexibility index (Phi) is 2.99. The van der Waals surface area contributed by atoms with Crippen molar-refractivity contribution >= 4 is 32.3 Å². The maximum Gasteiger partial charge on any atom is 0.0968 e. The molecule has 5 aromatic carbocycles. The summed E-state index contributed by atoms with van der Waals surface area (Å²) in [5.41, 5.74) is 2.12. The predicted octanol–water partition coefficient (Wildman–Crippen LogP) is 6.24. The largest absolute Gasteiger partial charge is 0.197 e. The zero-order valence-corrected chi connectivity index (χ0v) is 13.6. The first-order chi connectivity index (χ1) is 12.4. The average Bonchev–Trinajstić information content (AvgIpc) is 2.68. The van der Waals surface area contributed by atoms with Crippen molar-refractivity contribution in [1.82, 2.24) is 0 Å². The van der Waals surface area contributed by atoms with Crippen molar-refractivity contribution in [2.24, 2.45) is 0 Å². The van der Waals surface area contributed by atoms with E-state index in [2.05, 4.69) is 60.7 Å². The molecule has 0 bridgehead atoms. The Morgan fingerprint density at radius 3 is 1.96 bits per heavy atom. The van der Waals surface area contributed by atoms with Crippen LogP contribution in [0, 0.1) is 11.3 Å². The van der Waals surface area contributed by atoms with Gasteiger partial charge in [-0.3, -0.25) is 0 Å². The highest BCUT2D eigenvalue weighted by Gasteiger charge is 2.18. The van der Waals surface area contributed by atoms with Gasteiger partial charge in [-0.15, -0.1) is 0 Å². The van der Waals surface area contributed by atoms with Gasteiger partial charge in [0.2, 0.25) is 0 Å². The van der Waals surface area contributed by atoms with E-state index >= 15 is 0 Å². The number of hydrogen-bond acceptors (Lipinski definition) is 1. The van der Waals surface area contributed by atoms with E-state index in [1.54, 1.807) is 0 Å². The molecule has 25 heavy (non-hydrogen) atoms. The Bertz CT molecular complexity index is 1230. The van der Waals surface area contributed by atoms with Crippen LogP contribution in [0.1, 0.15) is 17.0 Å². The topological polar surface area (TPSA) is 23.8 Å². The van der Waals surface area contributed by atoms with Gasteiger partial charge in [-0.05, 0) is 43.4 Å². The Labute approximate surface area is 146 Å². The van der Waals surface area contributed by atoms with Crippen molar-refractivity contribution < 1.29 is 0 Å². The van der Waals surface area contributed by atoms with Crippen molar-refractivity contribution in [3.63, 3.8) is 0 Å². The molecule has 0 radical (unpaired) electrons. The van der Waals surface area contributed by atoms with Crippen LogP contribution in [-0.4, -0.2) is 0 Å². The molecule has 0 fully saturated rings. The zero-order chi connectivity index (χ0) is 16.8. The van der Waals surface area contributed by atoms with Crippen molar-refractivity contribution in [2.45, 2.75) is 5.92 Å². The molecule has 5 rings (SSSR count). The van der Waals surface area contributed by atoms with Gasteiger partial charge in [-0.25, -0.2) is 0 Å². The average molecular weight is 317 g/mol. The van der Waals surface area contributed by atoms with E-state index < -0.39 is 0 Å². The fourth-order valence-electron chi connectivity index (χ4n) is 3.98. The quantitative estimate of drug-likeness (QED) is 0.353. The number of rotatable bonds is 2. The number of hydrogen-bond donors (Lipinski definition) is 0.